The number of alkyl carbamates (subject to hydrolysis) is 1. The first-order chi connectivity index (χ1) is 13.5. The fourth-order valence-electron chi connectivity index (χ4n) is 3.24. The van der Waals surface area contributed by atoms with Gasteiger partial charge in [0.15, 0.2) is 5.60 Å². The van der Waals surface area contributed by atoms with Gasteiger partial charge in [-0.3, -0.25) is 4.79 Å². The Kier molecular flexibility index (Phi) is 10.00. The second-order valence-corrected chi connectivity index (χ2v) is 9.59. The minimum atomic E-state index is -1.89. The van der Waals surface area contributed by atoms with Gasteiger partial charge in [0.1, 0.15) is 5.60 Å². The summed E-state index contributed by atoms with van der Waals surface area (Å²) < 4.78 is 5.35. The number of rotatable bonds is 11. The highest BCUT2D eigenvalue weighted by atomic mass is 32.2. The second kappa shape index (κ2) is 11.5. The number of aliphatic hydroxyl groups is 1. The van der Waals surface area contributed by atoms with Crippen LogP contribution in [-0.4, -0.2) is 45.9 Å². The quantitative estimate of drug-likeness (QED) is 0.469. The number of amides is 2. The highest BCUT2D eigenvalue weighted by Gasteiger charge is 2.45. The summed E-state index contributed by atoms with van der Waals surface area (Å²) in [7, 11) is 0. The molecule has 2 amide bonds. The third-order valence-corrected chi connectivity index (χ3v) is 5.70. The molecule has 1 rings (SSSR count). The van der Waals surface area contributed by atoms with Crippen molar-refractivity contribution in [3.05, 3.63) is 35.9 Å². The van der Waals surface area contributed by atoms with Gasteiger partial charge in [0.05, 0.1) is 6.04 Å². The van der Waals surface area contributed by atoms with Crippen molar-refractivity contribution in [2.45, 2.75) is 77.0 Å². The Morgan fingerprint density at radius 3 is 2.31 bits per heavy atom. The van der Waals surface area contributed by atoms with Crippen LogP contribution in [0.1, 0.15) is 65.4 Å². The lowest BCUT2D eigenvalue weighted by atomic mass is 9.79. The average molecular weight is 425 g/mol. The van der Waals surface area contributed by atoms with Gasteiger partial charge < -0.3 is 20.9 Å². The van der Waals surface area contributed by atoms with Crippen LogP contribution in [0.5, 0.6) is 0 Å². The number of nitrogens with two attached hydrogens (primary N) is 1. The molecule has 29 heavy (non-hydrogen) atoms. The van der Waals surface area contributed by atoms with Gasteiger partial charge in [-0.15, -0.1) is 0 Å². The van der Waals surface area contributed by atoms with Crippen molar-refractivity contribution >= 4 is 23.8 Å². The fourth-order valence-corrected chi connectivity index (χ4v) is 3.93. The molecular formula is C22H36N2O4S. The van der Waals surface area contributed by atoms with Crippen molar-refractivity contribution in [3.8, 4) is 0 Å². The normalized spacial score (nSPS) is 15.8. The Morgan fingerprint density at radius 2 is 1.83 bits per heavy atom. The second-order valence-electron chi connectivity index (χ2n) is 8.19. The molecule has 0 aliphatic heterocycles. The molecule has 164 valence electrons. The number of nitrogens with one attached hydrogen (secondary N) is 1. The number of hydrogen-bond donors (Lipinski definition) is 3. The number of benzene rings is 1. The van der Waals surface area contributed by atoms with E-state index >= 15 is 0 Å². The van der Waals surface area contributed by atoms with Crippen LogP contribution in [0.25, 0.3) is 0 Å². The van der Waals surface area contributed by atoms with Crippen LogP contribution in [0.3, 0.4) is 0 Å². The highest BCUT2D eigenvalue weighted by Crippen LogP contribution is 2.32. The summed E-state index contributed by atoms with van der Waals surface area (Å²) in [5.41, 5.74) is 4.12. The summed E-state index contributed by atoms with van der Waals surface area (Å²) >= 11 is 1.67. The molecule has 0 heterocycles. The third kappa shape index (κ3) is 8.26. The molecule has 3 atom stereocenters. The summed E-state index contributed by atoms with van der Waals surface area (Å²) in [5, 5.41) is 14.1. The monoisotopic (exact) mass is 424 g/mol. The minimum absolute atomic E-state index is 0.0736. The van der Waals surface area contributed by atoms with E-state index in [2.05, 4.69) is 5.32 Å². The summed E-state index contributed by atoms with van der Waals surface area (Å²) in [4.78, 5) is 24.8. The maximum atomic E-state index is 12.4. The van der Waals surface area contributed by atoms with Gasteiger partial charge in [-0.05, 0) is 63.0 Å². The minimum Gasteiger partial charge on any atom is -0.444 e. The molecule has 0 saturated carbocycles. The van der Waals surface area contributed by atoms with E-state index in [0.717, 1.165) is 17.7 Å². The van der Waals surface area contributed by atoms with E-state index in [-0.39, 0.29) is 12.3 Å². The van der Waals surface area contributed by atoms with Crippen molar-refractivity contribution in [2.24, 2.45) is 5.73 Å². The van der Waals surface area contributed by atoms with E-state index in [1.165, 1.54) is 0 Å². The first-order valence-electron chi connectivity index (χ1n) is 10.2. The standard InChI is InChI=1S/C22H36N2O4S/c1-6-16(17-11-9-8-10-12-17)15-22(27,19(23)25)18(13-14-29-7-2)24-20(26)28-21(3,4)5/h8-12,16,18,27H,6-7,13-15H2,1-5H3,(H2,23,25)(H,24,26). The zero-order valence-corrected chi connectivity index (χ0v) is 19.1. The van der Waals surface area contributed by atoms with Crippen LogP contribution in [0.2, 0.25) is 0 Å². The number of carbonyl (C=O) groups excluding carboxylic acids is 2. The third-order valence-electron chi connectivity index (χ3n) is 4.77. The van der Waals surface area contributed by atoms with Crippen LogP contribution in [0.4, 0.5) is 4.79 Å². The molecule has 0 bridgehead atoms. The van der Waals surface area contributed by atoms with E-state index in [0.29, 0.717) is 12.2 Å². The molecule has 0 spiro atoms. The van der Waals surface area contributed by atoms with Gasteiger partial charge in [-0.2, -0.15) is 11.8 Å². The Bertz CT molecular complexity index is 648. The highest BCUT2D eigenvalue weighted by molar-refractivity contribution is 7.99. The molecule has 1 aromatic rings. The van der Waals surface area contributed by atoms with Crippen molar-refractivity contribution in [1.29, 1.82) is 0 Å². The van der Waals surface area contributed by atoms with E-state index in [9.17, 15) is 14.7 Å². The predicted octanol–water partition coefficient (Wildman–Crippen LogP) is 3.82. The van der Waals surface area contributed by atoms with Crippen LogP contribution >= 0.6 is 11.8 Å². The van der Waals surface area contributed by atoms with Gasteiger partial charge in [0.2, 0.25) is 0 Å². The molecule has 0 saturated heterocycles. The van der Waals surface area contributed by atoms with E-state index in [1.54, 1.807) is 32.5 Å². The topological polar surface area (TPSA) is 102 Å². The first kappa shape index (κ1) is 25.3. The Hall–Kier alpha value is -1.73. The fraction of sp³-hybridized carbons (Fsp3) is 0.636. The Labute approximate surface area is 179 Å². The molecule has 6 nitrogen and oxygen atoms in total. The Morgan fingerprint density at radius 1 is 1.21 bits per heavy atom. The molecule has 0 aliphatic carbocycles. The largest absolute Gasteiger partial charge is 0.444 e. The molecule has 0 aromatic heterocycles. The molecule has 0 fully saturated rings. The molecular weight excluding hydrogens is 388 g/mol. The van der Waals surface area contributed by atoms with Crippen molar-refractivity contribution in [1.82, 2.24) is 5.32 Å². The molecule has 3 unspecified atom stereocenters. The first-order valence-corrected chi connectivity index (χ1v) is 11.3. The predicted molar refractivity (Wildman–Crippen MR) is 119 cm³/mol. The molecule has 1 aromatic carbocycles. The van der Waals surface area contributed by atoms with Gasteiger partial charge in [0.25, 0.3) is 5.91 Å². The van der Waals surface area contributed by atoms with Gasteiger partial charge in [-0.25, -0.2) is 4.79 Å². The van der Waals surface area contributed by atoms with E-state index in [4.69, 9.17) is 10.5 Å². The van der Waals surface area contributed by atoms with E-state index in [1.807, 2.05) is 44.2 Å². The molecule has 7 heteroatoms. The SMILES string of the molecule is CCSCCC(NC(=O)OC(C)(C)C)C(O)(CC(CC)c1ccccc1)C(N)=O. The Balaban J connectivity index is 3.13. The van der Waals surface area contributed by atoms with Crippen LogP contribution in [0.15, 0.2) is 30.3 Å². The van der Waals surface area contributed by atoms with Crippen LogP contribution in [-0.2, 0) is 9.53 Å². The summed E-state index contributed by atoms with van der Waals surface area (Å²) in [6.45, 7) is 9.32. The lowest BCUT2D eigenvalue weighted by Crippen LogP contribution is -2.61. The number of carbonyl (C=O) groups is 2. The van der Waals surface area contributed by atoms with Gasteiger partial charge >= 0.3 is 6.09 Å². The summed E-state index contributed by atoms with van der Waals surface area (Å²) in [6, 6.07) is 8.88. The number of thioether (sulfide) groups is 1. The van der Waals surface area contributed by atoms with Crippen molar-refractivity contribution in [3.63, 3.8) is 0 Å². The molecule has 0 radical (unpaired) electrons. The van der Waals surface area contributed by atoms with Crippen LogP contribution in [0, 0.1) is 0 Å². The summed E-state index contributed by atoms with van der Waals surface area (Å²) in [6.07, 6.45) is 0.585. The maximum Gasteiger partial charge on any atom is 0.407 e. The van der Waals surface area contributed by atoms with Crippen molar-refractivity contribution in [2.75, 3.05) is 11.5 Å². The van der Waals surface area contributed by atoms with Crippen molar-refractivity contribution < 1.29 is 19.4 Å². The lowest BCUT2D eigenvalue weighted by Gasteiger charge is -2.37. The van der Waals surface area contributed by atoms with Gasteiger partial charge in [-0.1, -0.05) is 44.2 Å². The lowest BCUT2D eigenvalue weighted by molar-refractivity contribution is -0.141. The number of ether oxygens (including phenoxy) is 1. The maximum absolute atomic E-state index is 12.4. The smallest absolute Gasteiger partial charge is 0.407 e. The van der Waals surface area contributed by atoms with Gasteiger partial charge in [0, 0.05) is 0 Å². The van der Waals surface area contributed by atoms with E-state index < -0.39 is 29.2 Å². The summed E-state index contributed by atoms with van der Waals surface area (Å²) in [5.74, 6) is 0.662. The zero-order valence-electron chi connectivity index (χ0n) is 18.2. The number of primary amides is 1. The van der Waals surface area contributed by atoms with Crippen LogP contribution < -0.4 is 11.1 Å². The number of hydrogen-bond acceptors (Lipinski definition) is 5. The average Bonchev–Trinajstić information content (AvgIpc) is 2.64. The molecule has 0 aliphatic rings. The zero-order chi connectivity index (χ0) is 22.1. The molecule has 4 N–H and O–H groups in total.